The lowest BCUT2D eigenvalue weighted by atomic mass is 9.82. The van der Waals surface area contributed by atoms with E-state index in [1.807, 2.05) is 18.2 Å². The molecule has 2 heterocycles. The maximum Gasteiger partial charge on any atom is 0.286 e. The molecule has 3 aliphatic rings. The Balaban J connectivity index is 1.24. The third-order valence-electron chi connectivity index (χ3n) is 6.81. The van der Waals surface area contributed by atoms with Crippen molar-refractivity contribution in [3.63, 3.8) is 0 Å². The van der Waals surface area contributed by atoms with E-state index in [4.69, 9.17) is 16.3 Å². The lowest BCUT2D eigenvalue weighted by Crippen LogP contribution is -2.55. The van der Waals surface area contributed by atoms with Crippen LogP contribution in [0.5, 0.6) is 0 Å². The van der Waals surface area contributed by atoms with Crippen LogP contribution in [0.15, 0.2) is 30.0 Å². The normalized spacial score (nSPS) is 28.0. The Kier molecular flexibility index (Phi) is 7.71. The molecule has 1 aliphatic carbocycles. The third kappa shape index (κ3) is 5.63. The van der Waals surface area contributed by atoms with Crippen LogP contribution >= 0.6 is 11.6 Å². The van der Waals surface area contributed by atoms with Crippen LogP contribution in [0.25, 0.3) is 6.08 Å². The molecule has 0 spiro atoms. The Bertz CT molecular complexity index is 853. The SMILES string of the molecule is CCN1CCN(CCNC(=O)C2CCC3O/C(=C\c4ccccc4Cl)C(=O)NC3C2)CC1. The van der Waals surface area contributed by atoms with E-state index >= 15 is 0 Å². The van der Waals surface area contributed by atoms with Gasteiger partial charge in [0.05, 0.1) is 6.04 Å². The second-order valence-electron chi connectivity index (χ2n) is 8.84. The van der Waals surface area contributed by atoms with Gasteiger partial charge in [-0.25, -0.2) is 0 Å². The number of hydrogen-bond acceptors (Lipinski definition) is 5. The number of amides is 2. The predicted molar refractivity (Wildman–Crippen MR) is 125 cm³/mol. The highest BCUT2D eigenvalue weighted by Crippen LogP contribution is 2.32. The second kappa shape index (κ2) is 10.7. The molecule has 2 N–H and O–H groups in total. The topological polar surface area (TPSA) is 73.9 Å². The molecule has 8 heteroatoms. The predicted octanol–water partition coefficient (Wildman–Crippen LogP) is 2.12. The van der Waals surface area contributed by atoms with Gasteiger partial charge in [0.1, 0.15) is 6.10 Å². The second-order valence-corrected chi connectivity index (χ2v) is 9.25. The average molecular weight is 461 g/mol. The number of halogens is 1. The van der Waals surface area contributed by atoms with Gasteiger partial charge in [-0.2, -0.15) is 0 Å². The molecule has 3 unspecified atom stereocenters. The molecule has 174 valence electrons. The first-order valence-electron chi connectivity index (χ1n) is 11.7. The zero-order chi connectivity index (χ0) is 22.5. The number of nitrogens with one attached hydrogen (secondary N) is 2. The first-order chi connectivity index (χ1) is 15.5. The quantitative estimate of drug-likeness (QED) is 0.636. The van der Waals surface area contributed by atoms with Crippen LogP contribution in [0, 0.1) is 5.92 Å². The number of carbonyl (C=O) groups is 2. The molecule has 7 nitrogen and oxygen atoms in total. The van der Waals surface area contributed by atoms with Gasteiger partial charge in [0.2, 0.25) is 5.91 Å². The van der Waals surface area contributed by atoms with E-state index in [1.165, 1.54) is 0 Å². The van der Waals surface area contributed by atoms with Crippen LogP contribution in [0.3, 0.4) is 0 Å². The number of morpholine rings is 1. The lowest BCUT2D eigenvalue weighted by molar-refractivity contribution is -0.134. The van der Waals surface area contributed by atoms with Crippen LogP contribution in [0.4, 0.5) is 0 Å². The standard InChI is InChI=1S/C24H33ClN4O3/c1-2-28-11-13-29(14-12-28)10-9-26-23(30)18-7-8-21-20(15-18)27-24(31)22(32-21)16-17-5-3-4-6-19(17)25/h3-6,16,18,20-21H,2,7-15H2,1H3,(H,26,30)(H,27,31)/b22-16-. The molecule has 4 rings (SSSR count). The molecule has 2 aliphatic heterocycles. The zero-order valence-corrected chi connectivity index (χ0v) is 19.4. The average Bonchev–Trinajstić information content (AvgIpc) is 2.81. The Hall–Kier alpha value is -2.09. The van der Waals surface area contributed by atoms with Gasteiger partial charge < -0.3 is 20.3 Å². The number of nitrogens with zero attached hydrogens (tertiary/aromatic N) is 2. The fourth-order valence-electron chi connectivity index (χ4n) is 4.77. The summed E-state index contributed by atoms with van der Waals surface area (Å²) < 4.78 is 6.02. The van der Waals surface area contributed by atoms with Gasteiger partial charge in [-0.05, 0) is 43.5 Å². The summed E-state index contributed by atoms with van der Waals surface area (Å²) in [6, 6.07) is 7.21. The zero-order valence-electron chi connectivity index (χ0n) is 18.7. The van der Waals surface area contributed by atoms with Crippen LogP contribution < -0.4 is 10.6 Å². The summed E-state index contributed by atoms with van der Waals surface area (Å²) in [6.45, 7) is 9.17. The third-order valence-corrected chi connectivity index (χ3v) is 7.15. The summed E-state index contributed by atoms with van der Waals surface area (Å²) in [5.74, 6) is 0.0253. The number of piperazine rings is 1. The van der Waals surface area contributed by atoms with Gasteiger partial charge in [-0.1, -0.05) is 36.7 Å². The first-order valence-corrected chi connectivity index (χ1v) is 12.1. The van der Waals surface area contributed by atoms with Crippen molar-refractivity contribution in [3.05, 3.63) is 40.6 Å². The van der Waals surface area contributed by atoms with Crippen LogP contribution in [-0.4, -0.2) is 79.6 Å². The Morgan fingerprint density at radius 2 is 1.97 bits per heavy atom. The summed E-state index contributed by atoms with van der Waals surface area (Å²) in [7, 11) is 0. The number of benzene rings is 1. The van der Waals surface area contributed by atoms with Gasteiger partial charge in [-0.15, -0.1) is 0 Å². The van der Waals surface area contributed by atoms with Gasteiger partial charge in [0.25, 0.3) is 5.91 Å². The summed E-state index contributed by atoms with van der Waals surface area (Å²) in [5.41, 5.74) is 0.752. The van der Waals surface area contributed by atoms with Crippen molar-refractivity contribution in [2.45, 2.75) is 38.3 Å². The van der Waals surface area contributed by atoms with Crippen molar-refractivity contribution in [2.75, 3.05) is 45.8 Å². The lowest BCUT2D eigenvalue weighted by Gasteiger charge is -2.40. The highest BCUT2D eigenvalue weighted by molar-refractivity contribution is 6.32. The number of likely N-dealkylation sites (N-methyl/N-ethyl adjacent to an activating group) is 1. The molecule has 0 aromatic heterocycles. The van der Waals surface area contributed by atoms with E-state index in [9.17, 15) is 9.59 Å². The van der Waals surface area contributed by atoms with Gasteiger partial charge in [-0.3, -0.25) is 14.5 Å². The number of fused-ring (bicyclic) bond motifs is 1. The molecule has 2 amide bonds. The molecule has 0 radical (unpaired) electrons. The number of hydrogen-bond donors (Lipinski definition) is 2. The molecule has 1 saturated carbocycles. The summed E-state index contributed by atoms with van der Waals surface area (Å²) in [6.07, 6.45) is 3.68. The largest absolute Gasteiger partial charge is 0.483 e. The minimum absolute atomic E-state index is 0.0855. The number of ether oxygens (including phenoxy) is 1. The summed E-state index contributed by atoms with van der Waals surface area (Å²) in [5, 5.41) is 6.72. The van der Waals surface area contributed by atoms with Crippen molar-refractivity contribution >= 4 is 29.5 Å². The molecule has 3 fully saturated rings. The van der Waals surface area contributed by atoms with E-state index in [1.54, 1.807) is 12.1 Å². The van der Waals surface area contributed by atoms with Crippen molar-refractivity contribution in [1.82, 2.24) is 20.4 Å². The highest BCUT2D eigenvalue weighted by Gasteiger charge is 2.40. The van der Waals surface area contributed by atoms with Crippen LogP contribution in [0.2, 0.25) is 5.02 Å². The minimum Gasteiger partial charge on any atom is -0.483 e. The fourth-order valence-corrected chi connectivity index (χ4v) is 4.96. The Morgan fingerprint density at radius 1 is 1.22 bits per heavy atom. The van der Waals surface area contributed by atoms with Gasteiger partial charge in [0.15, 0.2) is 5.76 Å². The van der Waals surface area contributed by atoms with Crippen molar-refractivity contribution in [1.29, 1.82) is 0 Å². The van der Waals surface area contributed by atoms with Crippen molar-refractivity contribution in [3.8, 4) is 0 Å². The molecular formula is C24H33ClN4O3. The molecule has 32 heavy (non-hydrogen) atoms. The highest BCUT2D eigenvalue weighted by atomic mass is 35.5. The smallest absolute Gasteiger partial charge is 0.286 e. The van der Waals surface area contributed by atoms with Crippen molar-refractivity contribution < 1.29 is 14.3 Å². The van der Waals surface area contributed by atoms with E-state index < -0.39 is 0 Å². The van der Waals surface area contributed by atoms with Crippen molar-refractivity contribution in [2.24, 2.45) is 5.92 Å². The summed E-state index contributed by atoms with van der Waals surface area (Å²) in [4.78, 5) is 30.2. The molecule has 1 aromatic rings. The van der Waals surface area contributed by atoms with E-state index in [-0.39, 0.29) is 35.6 Å². The van der Waals surface area contributed by atoms with E-state index in [2.05, 4.69) is 27.4 Å². The van der Waals surface area contributed by atoms with Crippen LogP contribution in [0.1, 0.15) is 31.7 Å². The van der Waals surface area contributed by atoms with Crippen LogP contribution in [-0.2, 0) is 14.3 Å². The minimum atomic E-state index is -0.251. The van der Waals surface area contributed by atoms with E-state index in [0.29, 0.717) is 18.0 Å². The summed E-state index contributed by atoms with van der Waals surface area (Å²) >= 11 is 6.21. The number of rotatable bonds is 6. The molecular weight excluding hydrogens is 428 g/mol. The van der Waals surface area contributed by atoms with Gasteiger partial charge >= 0.3 is 0 Å². The Labute approximate surface area is 195 Å². The monoisotopic (exact) mass is 460 g/mol. The maximum absolute atomic E-state index is 12.7. The maximum atomic E-state index is 12.7. The first kappa shape index (κ1) is 23.1. The molecule has 1 aromatic carbocycles. The van der Waals surface area contributed by atoms with E-state index in [0.717, 1.165) is 57.7 Å². The molecule has 2 saturated heterocycles. The fraction of sp³-hybridized carbons (Fsp3) is 0.583. The molecule has 3 atom stereocenters. The Morgan fingerprint density at radius 3 is 2.72 bits per heavy atom. The van der Waals surface area contributed by atoms with Gasteiger partial charge in [0, 0.05) is 50.2 Å². The molecule has 0 bridgehead atoms. The number of carbonyl (C=O) groups excluding carboxylic acids is 2.